The molecule has 2 saturated carbocycles. The molecule has 4 heteroatoms. The lowest BCUT2D eigenvalue weighted by Crippen LogP contribution is -2.38. The van der Waals surface area contributed by atoms with Gasteiger partial charge in [0, 0.05) is 12.0 Å². The smallest absolute Gasteiger partial charge is 0.143 e. The van der Waals surface area contributed by atoms with Crippen molar-refractivity contribution >= 4 is 15.9 Å². The van der Waals surface area contributed by atoms with Gasteiger partial charge in [0.2, 0.25) is 0 Å². The second-order valence-electron chi connectivity index (χ2n) is 6.42. The Balaban J connectivity index is 1.80. The van der Waals surface area contributed by atoms with E-state index in [0.29, 0.717) is 18.8 Å². The number of halogens is 3. The summed E-state index contributed by atoms with van der Waals surface area (Å²) in [6.45, 7) is 0. The first kappa shape index (κ1) is 14.5. The highest BCUT2D eigenvalue weighted by Crippen LogP contribution is 2.47. The summed E-state index contributed by atoms with van der Waals surface area (Å²) in [5.41, 5.74) is -0.938. The summed E-state index contributed by atoms with van der Waals surface area (Å²) in [6, 6.07) is 2.62. The Labute approximate surface area is 126 Å². The summed E-state index contributed by atoms with van der Waals surface area (Å²) in [5, 5.41) is 10.8. The van der Waals surface area contributed by atoms with E-state index in [1.54, 1.807) is 0 Å². The minimum atomic E-state index is -0.950. The molecule has 1 aromatic rings. The van der Waals surface area contributed by atoms with Crippen LogP contribution in [0.2, 0.25) is 0 Å². The van der Waals surface area contributed by atoms with E-state index >= 15 is 0 Å². The van der Waals surface area contributed by atoms with Crippen molar-refractivity contribution in [3.05, 3.63) is 33.8 Å². The van der Waals surface area contributed by atoms with Gasteiger partial charge >= 0.3 is 0 Å². The van der Waals surface area contributed by atoms with Crippen molar-refractivity contribution in [3.8, 4) is 0 Å². The molecule has 0 aliphatic heterocycles. The van der Waals surface area contributed by atoms with Crippen LogP contribution < -0.4 is 0 Å². The zero-order chi connectivity index (χ0) is 14.3. The fraction of sp³-hybridized carbons (Fsp3) is 0.625. The van der Waals surface area contributed by atoms with Crippen LogP contribution in [-0.2, 0) is 6.42 Å². The lowest BCUT2D eigenvalue weighted by molar-refractivity contribution is -0.0208. The van der Waals surface area contributed by atoms with Crippen LogP contribution in [-0.4, -0.2) is 10.7 Å². The molecule has 3 rings (SSSR count). The molecule has 110 valence electrons. The van der Waals surface area contributed by atoms with Crippen molar-refractivity contribution in [2.45, 2.75) is 50.5 Å². The molecule has 0 saturated heterocycles. The number of hydrogen-bond acceptors (Lipinski definition) is 1. The molecule has 0 spiro atoms. The van der Waals surface area contributed by atoms with Gasteiger partial charge in [-0.15, -0.1) is 0 Å². The summed E-state index contributed by atoms with van der Waals surface area (Å²) < 4.78 is 28.2. The third-order valence-electron chi connectivity index (χ3n) is 4.79. The SMILES string of the molecule is OC1(Cc2c(F)ccc(Br)c2F)CCCC(C2CC2)C1. The van der Waals surface area contributed by atoms with E-state index in [-0.39, 0.29) is 16.5 Å². The predicted molar refractivity (Wildman–Crippen MR) is 77.4 cm³/mol. The zero-order valence-electron chi connectivity index (χ0n) is 11.3. The van der Waals surface area contributed by atoms with E-state index in [1.165, 1.54) is 25.0 Å². The van der Waals surface area contributed by atoms with Gasteiger partial charge in [0.05, 0.1) is 10.1 Å². The lowest BCUT2D eigenvalue weighted by atomic mass is 9.73. The molecule has 0 bridgehead atoms. The van der Waals surface area contributed by atoms with E-state index in [0.717, 1.165) is 18.8 Å². The maximum absolute atomic E-state index is 14.1. The summed E-state index contributed by atoms with van der Waals surface area (Å²) in [4.78, 5) is 0. The molecule has 1 aromatic carbocycles. The minimum absolute atomic E-state index is 0.0123. The molecule has 2 aliphatic carbocycles. The van der Waals surface area contributed by atoms with Crippen LogP contribution in [0, 0.1) is 23.5 Å². The zero-order valence-corrected chi connectivity index (χ0v) is 12.9. The first-order chi connectivity index (χ1) is 9.48. The van der Waals surface area contributed by atoms with Crippen LogP contribution in [0.15, 0.2) is 16.6 Å². The van der Waals surface area contributed by atoms with Crippen molar-refractivity contribution in [2.75, 3.05) is 0 Å². The Morgan fingerprint density at radius 3 is 2.65 bits per heavy atom. The summed E-state index contributed by atoms with van der Waals surface area (Å²) in [6.07, 6.45) is 6.00. The standard InChI is InChI=1S/C16H19BrF2O/c17-13-5-6-14(18)12(15(13)19)9-16(20)7-1-2-11(8-16)10-3-4-10/h5-6,10-11,20H,1-4,7-9H2. The van der Waals surface area contributed by atoms with Crippen molar-refractivity contribution in [2.24, 2.45) is 11.8 Å². The van der Waals surface area contributed by atoms with Crippen LogP contribution in [0.25, 0.3) is 0 Å². The first-order valence-electron chi connectivity index (χ1n) is 7.33. The topological polar surface area (TPSA) is 20.2 Å². The Bertz CT molecular complexity index is 515. The molecule has 1 nitrogen and oxygen atoms in total. The highest BCUT2D eigenvalue weighted by Gasteiger charge is 2.41. The maximum atomic E-state index is 14.1. The molecule has 0 amide bonds. The normalized spacial score (nSPS) is 30.5. The lowest BCUT2D eigenvalue weighted by Gasteiger charge is -2.37. The third kappa shape index (κ3) is 2.91. The van der Waals surface area contributed by atoms with E-state index < -0.39 is 17.2 Å². The fourth-order valence-corrected chi connectivity index (χ4v) is 3.95. The molecule has 20 heavy (non-hydrogen) atoms. The second-order valence-corrected chi connectivity index (χ2v) is 7.27. The van der Waals surface area contributed by atoms with Crippen molar-refractivity contribution in [1.82, 2.24) is 0 Å². The molecule has 2 unspecified atom stereocenters. The van der Waals surface area contributed by atoms with Crippen LogP contribution in [0.4, 0.5) is 8.78 Å². The van der Waals surface area contributed by atoms with Crippen molar-refractivity contribution in [3.63, 3.8) is 0 Å². The molecule has 0 radical (unpaired) electrons. The van der Waals surface area contributed by atoms with Gasteiger partial charge in [-0.1, -0.05) is 6.42 Å². The number of hydrogen-bond donors (Lipinski definition) is 1. The van der Waals surface area contributed by atoms with Gasteiger partial charge in [-0.25, -0.2) is 8.78 Å². The van der Waals surface area contributed by atoms with Gasteiger partial charge in [0.15, 0.2) is 0 Å². The van der Waals surface area contributed by atoms with Crippen LogP contribution >= 0.6 is 15.9 Å². The molecule has 0 heterocycles. The Morgan fingerprint density at radius 1 is 1.20 bits per heavy atom. The van der Waals surface area contributed by atoms with Gasteiger partial charge in [-0.05, 0) is 72.0 Å². The van der Waals surface area contributed by atoms with Crippen LogP contribution in [0.3, 0.4) is 0 Å². The highest BCUT2D eigenvalue weighted by molar-refractivity contribution is 9.10. The van der Waals surface area contributed by atoms with Gasteiger partial charge in [-0.2, -0.15) is 0 Å². The quantitative estimate of drug-likeness (QED) is 0.794. The monoisotopic (exact) mass is 344 g/mol. The maximum Gasteiger partial charge on any atom is 0.143 e. The van der Waals surface area contributed by atoms with Gasteiger partial charge in [-0.3, -0.25) is 0 Å². The predicted octanol–water partition coefficient (Wildman–Crippen LogP) is 4.60. The molecule has 2 atom stereocenters. The number of benzene rings is 1. The fourth-order valence-electron chi connectivity index (χ4n) is 3.58. The van der Waals surface area contributed by atoms with Gasteiger partial charge in [0.25, 0.3) is 0 Å². The van der Waals surface area contributed by atoms with Gasteiger partial charge < -0.3 is 5.11 Å². The Hall–Kier alpha value is -0.480. The molecular formula is C16H19BrF2O. The summed E-state index contributed by atoms with van der Waals surface area (Å²) in [5.74, 6) is 0.130. The van der Waals surface area contributed by atoms with E-state index in [9.17, 15) is 13.9 Å². The average molecular weight is 345 g/mol. The van der Waals surface area contributed by atoms with Crippen LogP contribution in [0.1, 0.15) is 44.1 Å². The largest absolute Gasteiger partial charge is 0.390 e. The molecule has 0 aromatic heterocycles. The van der Waals surface area contributed by atoms with Crippen molar-refractivity contribution in [1.29, 1.82) is 0 Å². The number of aliphatic hydroxyl groups is 1. The van der Waals surface area contributed by atoms with E-state index in [4.69, 9.17) is 0 Å². The summed E-state index contributed by atoms with van der Waals surface area (Å²) in [7, 11) is 0. The van der Waals surface area contributed by atoms with Gasteiger partial charge in [0.1, 0.15) is 11.6 Å². The Morgan fingerprint density at radius 2 is 1.95 bits per heavy atom. The summed E-state index contributed by atoms with van der Waals surface area (Å²) >= 11 is 3.08. The molecular weight excluding hydrogens is 326 g/mol. The van der Waals surface area contributed by atoms with Crippen LogP contribution in [0.5, 0.6) is 0 Å². The third-order valence-corrected chi connectivity index (χ3v) is 5.41. The average Bonchev–Trinajstić information content (AvgIpc) is 3.24. The highest BCUT2D eigenvalue weighted by atomic mass is 79.9. The molecule has 1 N–H and O–H groups in total. The Kier molecular flexibility index (Phi) is 3.89. The van der Waals surface area contributed by atoms with E-state index in [1.807, 2.05) is 0 Å². The van der Waals surface area contributed by atoms with Crippen molar-refractivity contribution < 1.29 is 13.9 Å². The minimum Gasteiger partial charge on any atom is -0.390 e. The van der Waals surface area contributed by atoms with E-state index in [2.05, 4.69) is 15.9 Å². The second kappa shape index (κ2) is 5.38. The first-order valence-corrected chi connectivity index (χ1v) is 8.12. The molecule has 2 fully saturated rings. The number of rotatable bonds is 3. The molecule has 2 aliphatic rings.